The second-order valence-electron chi connectivity index (χ2n) is 3.44. The van der Waals surface area contributed by atoms with Crippen LogP contribution in [0.15, 0.2) is 29.9 Å². The Kier molecular flexibility index (Phi) is 3.82. The average Bonchev–Trinajstić information content (AvgIpc) is 2.86. The molecule has 0 saturated carbocycles. The van der Waals surface area contributed by atoms with Gasteiger partial charge in [0.25, 0.3) is 0 Å². The highest BCUT2D eigenvalue weighted by molar-refractivity contribution is 7.09. The van der Waals surface area contributed by atoms with Crippen molar-refractivity contribution in [3.8, 4) is 11.3 Å². The fourth-order valence-corrected chi connectivity index (χ4v) is 2.19. The standard InChI is InChI=1S/C12H12N2O2S/c1-16-12(15)5-4-11-14-10(8-17-11)9-3-2-6-13-7-9/h2-3,6-8H,4-5H2,1H3. The molecule has 17 heavy (non-hydrogen) atoms. The second kappa shape index (κ2) is 5.54. The fraction of sp³-hybridized carbons (Fsp3) is 0.250. The van der Waals surface area contributed by atoms with Gasteiger partial charge in [-0.2, -0.15) is 0 Å². The number of thiazole rings is 1. The maximum absolute atomic E-state index is 11.0. The molecule has 0 aliphatic carbocycles. The van der Waals surface area contributed by atoms with E-state index in [-0.39, 0.29) is 5.97 Å². The fourth-order valence-electron chi connectivity index (χ4n) is 1.38. The number of esters is 1. The molecule has 4 nitrogen and oxygen atoms in total. The molecule has 0 aromatic carbocycles. The first-order chi connectivity index (χ1) is 8.29. The van der Waals surface area contributed by atoms with Crippen LogP contribution in [-0.2, 0) is 16.0 Å². The maximum Gasteiger partial charge on any atom is 0.305 e. The molecule has 0 radical (unpaired) electrons. The van der Waals surface area contributed by atoms with E-state index in [1.165, 1.54) is 7.11 Å². The SMILES string of the molecule is COC(=O)CCc1nc(-c2cccnc2)cs1. The molecule has 2 aromatic rings. The number of pyridine rings is 1. The average molecular weight is 248 g/mol. The Morgan fingerprint density at radius 1 is 1.53 bits per heavy atom. The maximum atomic E-state index is 11.0. The molecule has 0 amide bonds. The predicted molar refractivity (Wildman–Crippen MR) is 65.7 cm³/mol. The van der Waals surface area contributed by atoms with Gasteiger partial charge in [-0.3, -0.25) is 9.78 Å². The number of nitrogens with zero attached hydrogens (tertiary/aromatic N) is 2. The minimum absolute atomic E-state index is 0.205. The molecule has 0 spiro atoms. The summed E-state index contributed by atoms with van der Waals surface area (Å²) < 4.78 is 4.59. The van der Waals surface area contributed by atoms with Crippen LogP contribution in [-0.4, -0.2) is 23.0 Å². The number of hydrogen-bond donors (Lipinski definition) is 0. The van der Waals surface area contributed by atoms with Gasteiger partial charge in [-0.25, -0.2) is 4.98 Å². The summed E-state index contributed by atoms with van der Waals surface area (Å²) >= 11 is 1.55. The number of carbonyl (C=O) groups excluding carboxylic acids is 1. The van der Waals surface area contributed by atoms with E-state index in [2.05, 4.69) is 14.7 Å². The Morgan fingerprint density at radius 2 is 2.41 bits per heavy atom. The molecule has 0 fully saturated rings. The third-order valence-electron chi connectivity index (χ3n) is 2.28. The first-order valence-corrected chi connectivity index (χ1v) is 6.09. The Morgan fingerprint density at radius 3 is 3.12 bits per heavy atom. The number of methoxy groups -OCH3 is 1. The molecule has 0 N–H and O–H groups in total. The minimum Gasteiger partial charge on any atom is -0.469 e. The van der Waals surface area contributed by atoms with Crippen LogP contribution in [0, 0.1) is 0 Å². The van der Waals surface area contributed by atoms with Crippen LogP contribution in [0.25, 0.3) is 11.3 Å². The van der Waals surface area contributed by atoms with Crippen LogP contribution in [0.4, 0.5) is 0 Å². The first-order valence-electron chi connectivity index (χ1n) is 5.21. The van der Waals surface area contributed by atoms with Crippen LogP contribution < -0.4 is 0 Å². The van der Waals surface area contributed by atoms with E-state index in [9.17, 15) is 4.79 Å². The molecule has 0 aliphatic rings. The Balaban J connectivity index is 2.04. The van der Waals surface area contributed by atoms with Crippen LogP contribution in [0.5, 0.6) is 0 Å². The first kappa shape index (κ1) is 11.7. The lowest BCUT2D eigenvalue weighted by Crippen LogP contribution is -2.01. The number of aromatic nitrogens is 2. The van der Waals surface area contributed by atoms with Crippen molar-refractivity contribution in [2.24, 2.45) is 0 Å². The van der Waals surface area contributed by atoms with Crippen molar-refractivity contribution in [2.45, 2.75) is 12.8 Å². The summed E-state index contributed by atoms with van der Waals surface area (Å²) in [4.78, 5) is 19.5. The number of hydrogen-bond acceptors (Lipinski definition) is 5. The van der Waals surface area contributed by atoms with Crippen LogP contribution in [0.2, 0.25) is 0 Å². The summed E-state index contributed by atoms with van der Waals surface area (Å²) in [5.41, 5.74) is 1.90. The van der Waals surface area contributed by atoms with Gasteiger partial charge in [-0.1, -0.05) is 0 Å². The van der Waals surface area contributed by atoms with E-state index in [1.807, 2.05) is 17.5 Å². The molecule has 2 heterocycles. The van der Waals surface area contributed by atoms with Gasteiger partial charge in [-0.15, -0.1) is 11.3 Å². The van der Waals surface area contributed by atoms with Crippen molar-refractivity contribution in [1.82, 2.24) is 9.97 Å². The van der Waals surface area contributed by atoms with Crippen molar-refractivity contribution in [1.29, 1.82) is 0 Å². The summed E-state index contributed by atoms with van der Waals surface area (Å²) in [6, 6.07) is 3.84. The Hall–Kier alpha value is -1.75. The molecule has 88 valence electrons. The highest BCUT2D eigenvalue weighted by Gasteiger charge is 2.07. The highest BCUT2D eigenvalue weighted by Crippen LogP contribution is 2.21. The minimum atomic E-state index is -0.205. The predicted octanol–water partition coefficient (Wildman–Crippen LogP) is 2.31. The molecule has 0 atom stereocenters. The molecule has 0 aliphatic heterocycles. The van der Waals surface area contributed by atoms with Crippen molar-refractivity contribution in [3.05, 3.63) is 34.9 Å². The van der Waals surface area contributed by atoms with Crippen molar-refractivity contribution in [3.63, 3.8) is 0 Å². The summed E-state index contributed by atoms with van der Waals surface area (Å²) in [5.74, 6) is -0.205. The van der Waals surface area contributed by atoms with Crippen LogP contribution >= 0.6 is 11.3 Å². The van der Waals surface area contributed by atoms with Gasteiger partial charge in [0.05, 0.1) is 24.2 Å². The van der Waals surface area contributed by atoms with Gasteiger partial charge in [0.1, 0.15) is 0 Å². The van der Waals surface area contributed by atoms with E-state index in [0.717, 1.165) is 16.3 Å². The summed E-state index contributed by atoms with van der Waals surface area (Å²) in [6.45, 7) is 0. The third kappa shape index (κ3) is 3.10. The zero-order valence-corrected chi connectivity index (χ0v) is 10.2. The zero-order valence-electron chi connectivity index (χ0n) is 9.42. The summed E-state index contributed by atoms with van der Waals surface area (Å²) in [7, 11) is 1.39. The normalized spacial score (nSPS) is 10.2. The molecule has 2 aromatic heterocycles. The van der Waals surface area contributed by atoms with Crippen LogP contribution in [0.1, 0.15) is 11.4 Å². The molecule has 0 bridgehead atoms. The van der Waals surface area contributed by atoms with E-state index in [4.69, 9.17) is 0 Å². The largest absolute Gasteiger partial charge is 0.469 e. The van der Waals surface area contributed by atoms with Gasteiger partial charge >= 0.3 is 5.97 Å². The lowest BCUT2D eigenvalue weighted by molar-refractivity contribution is -0.140. The molecule has 2 rings (SSSR count). The molecule has 0 saturated heterocycles. The number of rotatable bonds is 4. The summed E-state index contributed by atoms with van der Waals surface area (Å²) in [6.07, 6.45) is 4.50. The molecular formula is C12H12N2O2S. The summed E-state index contributed by atoms with van der Waals surface area (Å²) in [5, 5.41) is 2.91. The van der Waals surface area contributed by atoms with Crippen LogP contribution in [0.3, 0.4) is 0 Å². The molecule has 5 heteroatoms. The van der Waals surface area contributed by atoms with Crippen molar-refractivity contribution in [2.75, 3.05) is 7.11 Å². The molecular weight excluding hydrogens is 236 g/mol. The van der Waals surface area contributed by atoms with Crippen molar-refractivity contribution < 1.29 is 9.53 Å². The topological polar surface area (TPSA) is 52.1 Å². The monoisotopic (exact) mass is 248 g/mol. The Labute approximate surface area is 103 Å². The van der Waals surface area contributed by atoms with Gasteiger partial charge in [-0.05, 0) is 12.1 Å². The van der Waals surface area contributed by atoms with E-state index >= 15 is 0 Å². The van der Waals surface area contributed by atoms with Crippen molar-refractivity contribution >= 4 is 17.3 Å². The van der Waals surface area contributed by atoms with Gasteiger partial charge in [0, 0.05) is 29.8 Å². The number of ether oxygens (including phenoxy) is 1. The number of aryl methyl sites for hydroxylation is 1. The van der Waals surface area contributed by atoms with Gasteiger partial charge < -0.3 is 4.74 Å². The number of carbonyl (C=O) groups is 1. The zero-order chi connectivity index (χ0) is 12.1. The lowest BCUT2D eigenvalue weighted by atomic mass is 10.2. The van der Waals surface area contributed by atoms with E-state index < -0.39 is 0 Å². The quantitative estimate of drug-likeness (QED) is 0.779. The lowest BCUT2D eigenvalue weighted by Gasteiger charge is -1.96. The third-order valence-corrected chi connectivity index (χ3v) is 3.19. The van der Waals surface area contributed by atoms with E-state index in [1.54, 1.807) is 23.7 Å². The molecule has 0 unspecified atom stereocenters. The smallest absolute Gasteiger partial charge is 0.305 e. The Bertz CT molecular complexity index is 496. The van der Waals surface area contributed by atoms with E-state index in [0.29, 0.717) is 12.8 Å². The highest BCUT2D eigenvalue weighted by atomic mass is 32.1. The van der Waals surface area contributed by atoms with Gasteiger partial charge in [0.15, 0.2) is 0 Å². The van der Waals surface area contributed by atoms with Gasteiger partial charge in [0.2, 0.25) is 0 Å². The second-order valence-corrected chi connectivity index (χ2v) is 4.39.